The second-order valence-electron chi connectivity index (χ2n) is 7.06. The minimum atomic E-state index is -0.486. The van der Waals surface area contributed by atoms with Gasteiger partial charge in [0, 0.05) is 42.3 Å². The molecule has 0 spiro atoms. The van der Waals surface area contributed by atoms with Crippen LogP contribution < -0.4 is 5.43 Å². The van der Waals surface area contributed by atoms with Crippen LogP contribution in [0, 0.1) is 26.1 Å². The normalized spacial score (nSPS) is 15.2. The van der Waals surface area contributed by atoms with E-state index in [0.29, 0.717) is 24.9 Å². The summed E-state index contributed by atoms with van der Waals surface area (Å²) in [4.78, 5) is 35.1. The number of amides is 1. The molecule has 2 aromatic carbocycles. The average molecular weight is 411 g/mol. The highest BCUT2D eigenvalue weighted by molar-refractivity contribution is 5.83. The summed E-state index contributed by atoms with van der Waals surface area (Å²) in [6.45, 7) is 2.16. The largest absolute Gasteiger partial charge is 0.299 e. The van der Waals surface area contributed by atoms with Crippen LogP contribution >= 0.6 is 0 Å². The summed E-state index contributed by atoms with van der Waals surface area (Å²) < 4.78 is 0. The second kappa shape index (κ2) is 9.70. The van der Waals surface area contributed by atoms with Gasteiger partial charge in [-0.1, -0.05) is 24.3 Å². The molecule has 156 valence electrons. The Morgan fingerprint density at radius 1 is 1.07 bits per heavy atom. The van der Waals surface area contributed by atoms with Crippen molar-refractivity contribution in [3.63, 3.8) is 0 Å². The summed E-state index contributed by atoms with van der Waals surface area (Å²) in [6.07, 6.45) is 2.75. The number of nitrogens with zero attached hydrogens (tertiary/aromatic N) is 4. The van der Waals surface area contributed by atoms with Gasteiger partial charge in [-0.3, -0.25) is 29.9 Å². The molecule has 1 N–H and O–H groups in total. The number of hydrazone groups is 1. The summed E-state index contributed by atoms with van der Waals surface area (Å²) in [5, 5.41) is 25.4. The number of nitro benzene ring substituents is 2. The zero-order valence-corrected chi connectivity index (χ0v) is 16.1. The maximum Gasteiger partial charge on any atom is 0.270 e. The van der Waals surface area contributed by atoms with E-state index in [1.165, 1.54) is 30.5 Å². The minimum Gasteiger partial charge on any atom is -0.299 e. The van der Waals surface area contributed by atoms with Crippen LogP contribution in [0.1, 0.15) is 24.0 Å². The minimum absolute atomic E-state index is 0.0364. The Hall–Kier alpha value is -3.66. The van der Waals surface area contributed by atoms with Crippen molar-refractivity contribution >= 4 is 23.5 Å². The van der Waals surface area contributed by atoms with E-state index in [0.717, 1.165) is 18.7 Å². The number of benzene rings is 2. The van der Waals surface area contributed by atoms with Gasteiger partial charge in [-0.15, -0.1) is 0 Å². The summed E-state index contributed by atoms with van der Waals surface area (Å²) in [5.74, 6) is -0.327. The van der Waals surface area contributed by atoms with Crippen LogP contribution in [0.3, 0.4) is 0 Å². The Bertz CT molecular complexity index is 952. The smallest absolute Gasteiger partial charge is 0.270 e. The second-order valence-corrected chi connectivity index (χ2v) is 7.06. The fraction of sp³-hybridized carbons (Fsp3) is 0.300. The molecular formula is C20H21N5O5. The summed E-state index contributed by atoms with van der Waals surface area (Å²) >= 11 is 0. The van der Waals surface area contributed by atoms with E-state index in [4.69, 9.17) is 0 Å². The maximum atomic E-state index is 12.3. The number of piperidine rings is 1. The molecule has 1 fully saturated rings. The van der Waals surface area contributed by atoms with Gasteiger partial charge in [0.25, 0.3) is 11.4 Å². The summed E-state index contributed by atoms with van der Waals surface area (Å²) in [6, 6.07) is 12.5. The Kier molecular flexibility index (Phi) is 6.81. The first kappa shape index (κ1) is 21.1. The van der Waals surface area contributed by atoms with Crippen molar-refractivity contribution in [2.75, 3.05) is 13.1 Å². The average Bonchev–Trinajstić information content (AvgIpc) is 2.75. The molecule has 0 unspecified atom stereocenters. The van der Waals surface area contributed by atoms with Crippen molar-refractivity contribution in [3.8, 4) is 0 Å². The van der Waals surface area contributed by atoms with Crippen molar-refractivity contribution < 1.29 is 14.6 Å². The highest BCUT2D eigenvalue weighted by Crippen LogP contribution is 2.20. The van der Waals surface area contributed by atoms with E-state index in [1.54, 1.807) is 24.3 Å². The highest BCUT2D eigenvalue weighted by Gasteiger charge is 2.24. The van der Waals surface area contributed by atoms with Gasteiger partial charge in [0.2, 0.25) is 5.91 Å². The third-order valence-electron chi connectivity index (χ3n) is 4.98. The first-order valence-corrected chi connectivity index (χ1v) is 9.45. The molecule has 30 heavy (non-hydrogen) atoms. The lowest BCUT2D eigenvalue weighted by molar-refractivity contribution is -0.385. The molecule has 1 saturated heterocycles. The zero-order valence-electron chi connectivity index (χ0n) is 16.1. The van der Waals surface area contributed by atoms with Crippen molar-refractivity contribution in [2.45, 2.75) is 19.4 Å². The van der Waals surface area contributed by atoms with Gasteiger partial charge in [0.15, 0.2) is 0 Å². The van der Waals surface area contributed by atoms with E-state index in [1.807, 2.05) is 0 Å². The number of carbonyl (C=O) groups is 1. The van der Waals surface area contributed by atoms with Gasteiger partial charge in [-0.05, 0) is 31.5 Å². The van der Waals surface area contributed by atoms with Crippen LogP contribution in [-0.4, -0.2) is 40.0 Å². The summed E-state index contributed by atoms with van der Waals surface area (Å²) in [7, 11) is 0. The SMILES string of the molecule is O=C(NN=Cc1cccc([N+](=O)[O-])c1)C1CCN(Cc2ccc([N+](=O)[O-])cc2)CC1. The van der Waals surface area contributed by atoms with Crippen LogP contribution in [0.15, 0.2) is 53.6 Å². The third kappa shape index (κ3) is 5.67. The zero-order chi connectivity index (χ0) is 21.5. The molecule has 2 aromatic rings. The van der Waals surface area contributed by atoms with Crippen LogP contribution in [0.4, 0.5) is 11.4 Å². The predicted molar refractivity (Wildman–Crippen MR) is 110 cm³/mol. The maximum absolute atomic E-state index is 12.3. The molecule has 0 aliphatic carbocycles. The fourth-order valence-corrected chi connectivity index (χ4v) is 3.31. The number of hydrogen-bond acceptors (Lipinski definition) is 7. The molecule has 10 nitrogen and oxygen atoms in total. The Labute approximate surface area is 172 Å². The van der Waals surface area contributed by atoms with Crippen LogP contribution in [0.25, 0.3) is 0 Å². The first-order chi connectivity index (χ1) is 14.4. The Morgan fingerprint density at radius 2 is 1.73 bits per heavy atom. The van der Waals surface area contributed by atoms with Crippen molar-refractivity contribution in [1.82, 2.24) is 10.3 Å². The number of hydrogen-bond donors (Lipinski definition) is 1. The number of nitro groups is 2. The first-order valence-electron chi connectivity index (χ1n) is 9.45. The molecule has 1 heterocycles. The van der Waals surface area contributed by atoms with Gasteiger partial charge in [-0.25, -0.2) is 5.43 Å². The summed E-state index contributed by atoms with van der Waals surface area (Å²) in [5.41, 5.74) is 4.06. The lowest BCUT2D eigenvalue weighted by Crippen LogP contribution is -2.39. The molecule has 0 radical (unpaired) electrons. The van der Waals surface area contributed by atoms with E-state index in [2.05, 4.69) is 15.4 Å². The Morgan fingerprint density at radius 3 is 2.37 bits per heavy atom. The topological polar surface area (TPSA) is 131 Å². The van der Waals surface area contributed by atoms with E-state index in [9.17, 15) is 25.0 Å². The monoisotopic (exact) mass is 411 g/mol. The molecule has 0 atom stereocenters. The van der Waals surface area contributed by atoms with Crippen LogP contribution in [0.5, 0.6) is 0 Å². The molecule has 1 aliphatic heterocycles. The highest BCUT2D eigenvalue weighted by atomic mass is 16.6. The molecular weight excluding hydrogens is 390 g/mol. The lowest BCUT2D eigenvalue weighted by atomic mass is 9.96. The molecule has 3 rings (SSSR count). The fourth-order valence-electron chi connectivity index (χ4n) is 3.31. The van der Waals surface area contributed by atoms with Crippen molar-refractivity contribution in [1.29, 1.82) is 0 Å². The van der Waals surface area contributed by atoms with Crippen molar-refractivity contribution in [2.24, 2.45) is 11.0 Å². The van der Waals surface area contributed by atoms with Gasteiger partial charge in [0.05, 0.1) is 16.1 Å². The molecule has 10 heteroatoms. The van der Waals surface area contributed by atoms with Gasteiger partial charge in [-0.2, -0.15) is 5.10 Å². The Balaban J connectivity index is 1.45. The molecule has 1 amide bonds. The predicted octanol–water partition coefficient (Wildman–Crippen LogP) is 2.87. The number of carbonyl (C=O) groups excluding carboxylic acids is 1. The van der Waals surface area contributed by atoms with Crippen LogP contribution in [0.2, 0.25) is 0 Å². The number of non-ortho nitro benzene ring substituents is 2. The molecule has 0 bridgehead atoms. The number of likely N-dealkylation sites (tertiary alicyclic amines) is 1. The molecule has 0 aromatic heterocycles. The molecule has 0 saturated carbocycles. The van der Waals surface area contributed by atoms with E-state index in [-0.39, 0.29) is 23.2 Å². The van der Waals surface area contributed by atoms with Gasteiger partial charge >= 0.3 is 0 Å². The van der Waals surface area contributed by atoms with Gasteiger partial charge < -0.3 is 0 Å². The van der Waals surface area contributed by atoms with Crippen molar-refractivity contribution in [3.05, 3.63) is 79.9 Å². The van der Waals surface area contributed by atoms with E-state index >= 15 is 0 Å². The number of nitrogens with one attached hydrogen (secondary N) is 1. The van der Waals surface area contributed by atoms with Crippen LogP contribution in [-0.2, 0) is 11.3 Å². The molecule has 1 aliphatic rings. The van der Waals surface area contributed by atoms with E-state index < -0.39 is 9.85 Å². The third-order valence-corrected chi connectivity index (χ3v) is 4.98. The lowest BCUT2D eigenvalue weighted by Gasteiger charge is -2.30. The van der Waals surface area contributed by atoms with Gasteiger partial charge in [0.1, 0.15) is 0 Å². The standard InChI is InChI=1S/C20H21N5O5/c26-20(22-21-13-16-2-1-3-19(12-16)25(29)30)17-8-10-23(11-9-17)14-15-4-6-18(7-5-15)24(27)28/h1-7,12-13,17H,8-11,14H2,(H,22,26). The quantitative estimate of drug-likeness (QED) is 0.423. The number of rotatable bonds is 7.